The van der Waals surface area contributed by atoms with Gasteiger partial charge in [0.1, 0.15) is 35.4 Å². The van der Waals surface area contributed by atoms with Gasteiger partial charge in [-0.05, 0) is 30.3 Å². The summed E-state index contributed by atoms with van der Waals surface area (Å²) in [5, 5.41) is 0.507. The summed E-state index contributed by atoms with van der Waals surface area (Å²) in [5.41, 5.74) is 1.33. The lowest BCUT2D eigenvalue weighted by Gasteiger charge is -2.32. The van der Waals surface area contributed by atoms with E-state index >= 15 is 0 Å². The third-order valence-corrected chi connectivity index (χ3v) is 4.42. The molecule has 4 rings (SSSR count). The summed E-state index contributed by atoms with van der Waals surface area (Å²) in [6, 6.07) is 11.0. The van der Waals surface area contributed by atoms with Gasteiger partial charge in [-0.25, -0.2) is 4.98 Å². The van der Waals surface area contributed by atoms with Crippen molar-refractivity contribution >= 4 is 16.6 Å². The molecule has 0 spiro atoms. The molecule has 0 saturated carbocycles. The van der Waals surface area contributed by atoms with E-state index in [0.29, 0.717) is 42.2 Å². The summed E-state index contributed by atoms with van der Waals surface area (Å²) in [4.78, 5) is 22.0. The lowest BCUT2D eigenvalue weighted by atomic mass is 10.2. The zero-order valence-electron chi connectivity index (χ0n) is 14.6. The normalized spacial score (nSPS) is 13.2. The summed E-state index contributed by atoms with van der Waals surface area (Å²) in [5.74, 6) is 2.72. The van der Waals surface area contributed by atoms with Crippen molar-refractivity contribution in [2.24, 2.45) is 0 Å². The molecule has 0 unspecified atom stereocenters. The number of para-hydroxylation sites is 1. The van der Waals surface area contributed by atoms with Crippen molar-refractivity contribution in [2.75, 3.05) is 32.3 Å². The van der Waals surface area contributed by atoms with Crippen LogP contribution >= 0.6 is 0 Å². The second-order valence-corrected chi connectivity index (χ2v) is 5.97. The first-order chi connectivity index (χ1) is 12.7. The standard InChI is InChI=1S/C19H19N3O4/c1-24-12-6-7-14-13(10-12)19(23)21-17(20-14)11-22-8-9-26-16-5-3-4-15(25-2)18(16)22/h3-7,10H,8-9,11H2,1-2H3,(H,20,21,23). The number of H-pyrrole nitrogens is 1. The van der Waals surface area contributed by atoms with Gasteiger partial charge in [0.25, 0.3) is 5.56 Å². The highest BCUT2D eigenvalue weighted by molar-refractivity contribution is 5.79. The molecule has 0 atom stereocenters. The van der Waals surface area contributed by atoms with Crippen molar-refractivity contribution in [3.63, 3.8) is 0 Å². The Morgan fingerprint density at radius 2 is 2.12 bits per heavy atom. The number of benzene rings is 2. The second-order valence-electron chi connectivity index (χ2n) is 5.97. The summed E-state index contributed by atoms with van der Waals surface area (Å²) < 4.78 is 16.4. The number of anilines is 1. The maximum atomic E-state index is 12.5. The molecular formula is C19H19N3O4. The van der Waals surface area contributed by atoms with E-state index < -0.39 is 0 Å². The summed E-state index contributed by atoms with van der Waals surface area (Å²) >= 11 is 0. The molecule has 0 radical (unpaired) electrons. The first-order valence-corrected chi connectivity index (χ1v) is 8.31. The summed E-state index contributed by atoms with van der Waals surface area (Å²) in [7, 11) is 3.20. The van der Waals surface area contributed by atoms with Crippen LogP contribution in [0.2, 0.25) is 0 Å². The van der Waals surface area contributed by atoms with Crippen molar-refractivity contribution in [1.29, 1.82) is 0 Å². The fourth-order valence-corrected chi connectivity index (χ4v) is 3.18. The third kappa shape index (κ3) is 2.81. The van der Waals surface area contributed by atoms with Crippen LogP contribution in [0.3, 0.4) is 0 Å². The van der Waals surface area contributed by atoms with Crippen LogP contribution in [-0.4, -0.2) is 37.3 Å². The lowest BCUT2D eigenvalue weighted by molar-refractivity contribution is 0.301. The molecule has 7 heteroatoms. The minimum atomic E-state index is -0.183. The number of aromatic amines is 1. The molecule has 0 aliphatic carbocycles. The Bertz CT molecular complexity index is 1000. The maximum absolute atomic E-state index is 12.5. The van der Waals surface area contributed by atoms with Crippen LogP contribution in [-0.2, 0) is 6.54 Å². The zero-order chi connectivity index (χ0) is 18.1. The quantitative estimate of drug-likeness (QED) is 0.776. The van der Waals surface area contributed by atoms with Gasteiger partial charge in [0.15, 0.2) is 0 Å². The van der Waals surface area contributed by atoms with Gasteiger partial charge in [0.2, 0.25) is 0 Å². The monoisotopic (exact) mass is 353 g/mol. The number of nitrogens with zero attached hydrogens (tertiary/aromatic N) is 2. The number of fused-ring (bicyclic) bond motifs is 2. The molecule has 1 aliphatic rings. The minimum absolute atomic E-state index is 0.183. The van der Waals surface area contributed by atoms with Crippen molar-refractivity contribution in [3.05, 3.63) is 52.6 Å². The summed E-state index contributed by atoms with van der Waals surface area (Å²) in [6.45, 7) is 1.70. The number of nitrogens with one attached hydrogen (secondary N) is 1. The molecule has 7 nitrogen and oxygen atoms in total. The van der Waals surface area contributed by atoms with Gasteiger partial charge in [-0.1, -0.05) is 6.07 Å². The van der Waals surface area contributed by atoms with E-state index in [2.05, 4.69) is 14.9 Å². The minimum Gasteiger partial charge on any atom is -0.497 e. The molecule has 1 N–H and O–H groups in total. The van der Waals surface area contributed by atoms with Gasteiger partial charge in [0, 0.05) is 0 Å². The van der Waals surface area contributed by atoms with Crippen molar-refractivity contribution in [3.8, 4) is 17.2 Å². The number of rotatable bonds is 4. The Morgan fingerprint density at radius 1 is 1.23 bits per heavy atom. The third-order valence-electron chi connectivity index (χ3n) is 4.42. The van der Waals surface area contributed by atoms with Crippen LogP contribution in [0.25, 0.3) is 10.9 Å². The number of hydrogen-bond acceptors (Lipinski definition) is 6. The Kier molecular flexibility index (Phi) is 4.12. The van der Waals surface area contributed by atoms with E-state index in [0.717, 1.165) is 17.2 Å². The van der Waals surface area contributed by atoms with E-state index in [-0.39, 0.29) is 5.56 Å². The Labute approximate surface area is 150 Å². The highest BCUT2D eigenvalue weighted by Gasteiger charge is 2.23. The maximum Gasteiger partial charge on any atom is 0.258 e. The van der Waals surface area contributed by atoms with Gasteiger partial charge >= 0.3 is 0 Å². The van der Waals surface area contributed by atoms with E-state index in [4.69, 9.17) is 14.2 Å². The van der Waals surface area contributed by atoms with Gasteiger partial charge in [-0.2, -0.15) is 0 Å². The van der Waals surface area contributed by atoms with Gasteiger partial charge in [-0.3, -0.25) is 4.79 Å². The Balaban J connectivity index is 1.72. The highest BCUT2D eigenvalue weighted by Crippen LogP contribution is 2.40. The average Bonchev–Trinajstić information content (AvgIpc) is 2.67. The molecule has 26 heavy (non-hydrogen) atoms. The Hall–Kier alpha value is -3.22. The molecule has 2 heterocycles. The SMILES string of the molecule is COc1ccc2nc(CN3CCOc4cccc(OC)c43)[nH]c(=O)c2c1. The highest BCUT2D eigenvalue weighted by atomic mass is 16.5. The van der Waals surface area contributed by atoms with E-state index in [9.17, 15) is 4.79 Å². The molecule has 3 aromatic rings. The van der Waals surface area contributed by atoms with Crippen LogP contribution in [0.15, 0.2) is 41.2 Å². The molecule has 1 aliphatic heterocycles. The topological polar surface area (TPSA) is 76.7 Å². The van der Waals surface area contributed by atoms with E-state index in [1.54, 1.807) is 32.4 Å². The van der Waals surface area contributed by atoms with Crippen LogP contribution < -0.4 is 24.7 Å². The first-order valence-electron chi connectivity index (χ1n) is 8.31. The van der Waals surface area contributed by atoms with Crippen molar-refractivity contribution in [2.45, 2.75) is 6.54 Å². The van der Waals surface area contributed by atoms with Gasteiger partial charge in [-0.15, -0.1) is 0 Å². The molecule has 134 valence electrons. The fraction of sp³-hybridized carbons (Fsp3) is 0.263. The molecule has 0 bridgehead atoms. The number of ether oxygens (including phenoxy) is 3. The zero-order valence-corrected chi connectivity index (χ0v) is 14.6. The summed E-state index contributed by atoms with van der Waals surface area (Å²) in [6.07, 6.45) is 0. The predicted molar refractivity (Wildman–Crippen MR) is 98.5 cm³/mol. The van der Waals surface area contributed by atoms with Crippen molar-refractivity contribution < 1.29 is 14.2 Å². The molecule has 0 saturated heterocycles. The van der Waals surface area contributed by atoms with Gasteiger partial charge < -0.3 is 24.1 Å². The fourth-order valence-electron chi connectivity index (χ4n) is 3.18. The van der Waals surface area contributed by atoms with Crippen LogP contribution in [0.1, 0.15) is 5.82 Å². The van der Waals surface area contributed by atoms with Crippen LogP contribution in [0, 0.1) is 0 Å². The van der Waals surface area contributed by atoms with Crippen molar-refractivity contribution in [1.82, 2.24) is 9.97 Å². The lowest BCUT2D eigenvalue weighted by Crippen LogP contribution is -2.33. The molecule has 1 aromatic heterocycles. The van der Waals surface area contributed by atoms with Crippen LogP contribution in [0.4, 0.5) is 5.69 Å². The Morgan fingerprint density at radius 3 is 2.92 bits per heavy atom. The average molecular weight is 353 g/mol. The predicted octanol–water partition coefficient (Wildman–Crippen LogP) is 2.34. The smallest absolute Gasteiger partial charge is 0.258 e. The molecular weight excluding hydrogens is 334 g/mol. The first kappa shape index (κ1) is 16.3. The number of hydrogen-bond donors (Lipinski definition) is 1. The van der Waals surface area contributed by atoms with Gasteiger partial charge in [0.05, 0.1) is 38.2 Å². The molecule has 0 amide bonds. The molecule has 2 aromatic carbocycles. The van der Waals surface area contributed by atoms with Crippen LogP contribution in [0.5, 0.6) is 17.2 Å². The number of aromatic nitrogens is 2. The largest absolute Gasteiger partial charge is 0.497 e. The molecule has 0 fully saturated rings. The second kappa shape index (κ2) is 6.59. The number of methoxy groups -OCH3 is 2. The van der Waals surface area contributed by atoms with E-state index in [1.807, 2.05) is 18.2 Å². The van der Waals surface area contributed by atoms with E-state index in [1.165, 1.54) is 0 Å².